The number of amides is 1. The van der Waals surface area contributed by atoms with Crippen molar-refractivity contribution in [1.82, 2.24) is 5.43 Å². The smallest absolute Gasteiger partial charge is 0.267 e. The number of carbonyl (C=O) groups excluding carboxylic acids is 1. The third-order valence-corrected chi connectivity index (χ3v) is 3.39. The van der Waals surface area contributed by atoms with Gasteiger partial charge in [0, 0.05) is 11.2 Å². The molecule has 0 aromatic heterocycles. The van der Waals surface area contributed by atoms with Crippen LogP contribution >= 0.6 is 23.2 Å². The van der Waals surface area contributed by atoms with Gasteiger partial charge in [-0.25, -0.2) is 5.43 Å². The van der Waals surface area contributed by atoms with Crippen molar-refractivity contribution < 1.29 is 4.79 Å². The van der Waals surface area contributed by atoms with Gasteiger partial charge in [0.1, 0.15) is 0 Å². The van der Waals surface area contributed by atoms with Crippen LogP contribution in [0.5, 0.6) is 0 Å². The van der Waals surface area contributed by atoms with Crippen LogP contribution in [-0.2, 0) is 6.42 Å². The number of hydrogen-bond donors (Lipinski definition) is 1. The lowest BCUT2D eigenvalue weighted by molar-refractivity contribution is 0.0955. The van der Waals surface area contributed by atoms with Gasteiger partial charge in [0.15, 0.2) is 0 Å². The molecule has 0 atom stereocenters. The molecular formula is C16H14Cl2N2O. The minimum Gasteiger partial charge on any atom is -0.267 e. The Morgan fingerprint density at radius 1 is 1.14 bits per heavy atom. The Hall–Kier alpha value is -1.84. The maximum absolute atomic E-state index is 11.9. The van der Waals surface area contributed by atoms with E-state index in [0.717, 1.165) is 12.8 Å². The molecule has 0 unspecified atom stereocenters. The first-order valence-electron chi connectivity index (χ1n) is 6.47. The quantitative estimate of drug-likeness (QED) is 0.646. The van der Waals surface area contributed by atoms with Crippen LogP contribution in [-0.4, -0.2) is 12.1 Å². The van der Waals surface area contributed by atoms with Crippen LogP contribution in [0.2, 0.25) is 10.0 Å². The Balaban J connectivity index is 1.82. The van der Waals surface area contributed by atoms with Crippen molar-refractivity contribution in [3.63, 3.8) is 0 Å². The topological polar surface area (TPSA) is 41.5 Å². The van der Waals surface area contributed by atoms with E-state index < -0.39 is 0 Å². The molecule has 0 spiro atoms. The average molecular weight is 321 g/mol. The summed E-state index contributed by atoms with van der Waals surface area (Å²) in [5.41, 5.74) is 4.03. The zero-order valence-corrected chi connectivity index (χ0v) is 12.7. The molecule has 0 radical (unpaired) electrons. The normalized spacial score (nSPS) is 10.8. The van der Waals surface area contributed by atoms with Gasteiger partial charge < -0.3 is 0 Å². The van der Waals surface area contributed by atoms with Crippen LogP contribution < -0.4 is 5.43 Å². The second-order valence-electron chi connectivity index (χ2n) is 4.40. The summed E-state index contributed by atoms with van der Waals surface area (Å²) in [7, 11) is 0. The summed E-state index contributed by atoms with van der Waals surface area (Å²) < 4.78 is 0. The second kappa shape index (κ2) is 7.81. The molecule has 2 rings (SSSR count). The van der Waals surface area contributed by atoms with Crippen molar-refractivity contribution in [3.8, 4) is 0 Å². The van der Waals surface area contributed by atoms with E-state index in [1.165, 1.54) is 11.6 Å². The van der Waals surface area contributed by atoms with Gasteiger partial charge in [-0.3, -0.25) is 4.79 Å². The molecule has 3 nitrogen and oxygen atoms in total. The maximum Gasteiger partial charge on any atom is 0.272 e. The standard InChI is InChI=1S/C16H14Cl2N2O/c17-13-8-9-14(15(18)11-13)16(21)20-19-10-4-7-12-5-2-1-3-6-12/h1-3,5-6,8-11H,4,7H2,(H,20,21). The molecule has 0 heterocycles. The lowest BCUT2D eigenvalue weighted by Crippen LogP contribution is -2.17. The fourth-order valence-electron chi connectivity index (χ4n) is 1.78. The summed E-state index contributed by atoms with van der Waals surface area (Å²) in [6.07, 6.45) is 3.30. The monoisotopic (exact) mass is 320 g/mol. The molecule has 2 aromatic rings. The highest BCUT2D eigenvalue weighted by molar-refractivity contribution is 6.36. The van der Waals surface area contributed by atoms with Crippen molar-refractivity contribution in [3.05, 3.63) is 69.7 Å². The number of hydrogen-bond acceptors (Lipinski definition) is 2. The van der Waals surface area contributed by atoms with E-state index in [9.17, 15) is 4.79 Å². The number of aryl methyl sites for hydroxylation is 1. The van der Waals surface area contributed by atoms with Gasteiger partial charge in [-0.05, 0) is 36.6 Å². The first-order chi connectivity index (χ1) is 10.2. The first-order valence-corrected chi connectivity index (χ1v) is 7.23. The van der Waals surface area contributed by atoms with Gasteiger partial charge in [-0.1, -0.05) is 53.5 Å². The van der Waals surface area contributed by atoms with Crippen LogP contribution in [0, 0.1) is 0 Å². The van der Waals surface area contributed by atoms with E-state index in [-0.39, 0.29) is 5.91 Å². The lowest BCUT2D eigenvalue weighted by atomic mass is 10.1. The predicted molar refractivity (Wildman–Crippen MR) is 87.2 cm³/mol. The Bertz CT molecular complexity index is 642. The van der Waals surface area contributed by atoms with Gasteiger partial charge in [0.25, 0.3) is 5.91 Å². The van der Waals surface area contributed by atoms with Gasteiger partial charge in [0.2, 0.25) is 0 Å². The molecule has 0 saturated heterocycles. The third kappa shape index (κ3) is 4.88. The summed E-state index contributed by atoms with van der Waals surface area (Å²) in [5.74, 6) is -0.354. The molecule has 5 heteroatoms. The van der Waals surface area contributed by atoms with Gasteiger partial charge in [-0.15, -0.1) is 0 Å². The molecule has 0 bridgehead atoms. The molecule has 0 saturated carbocycles. The number of halogens is 2. The zero-order valence-electron chi connectivity index (χ0n) is 11.2. The summed E-state index contributed by atoms with van der Waals surface area (Å²) in [4.78, 5) is 11.9. The van der Waals surface area contributed by atoms with Crippen molar-refractivity contribution in [2.45, 2.75) is 12.8 Å². The maximum atomic E-state index is 11.9. The van der Waals surface area contributed by atoms with E-state index in [2.05, 4.69) is 22.7 Å². The largest absolute Gasteiger partial charge is 0.272 e. The van der Waals surface area contributed by atoms with E-state index in [0.29, 0.717) is 15.6 Å². The number of rotatable bonds is 5. The van der Waals surface area contributed by atoms with Crippen LogP contribution in [0.25, 0.3) is 0 Å². The minimum atomic E-state index is -0.354. The highest BCUT2D eigenvalue weighted by atomic mass is 35.5. The Kier molecular flexibility index (Phi) is 5.78. The summed E-state index contributed by atoms with van der Waals surface area (Å²) >= 11 is 11.7. The number of nitrogens with one attached hydrogen (secondary N) is 1. The van der Waals surface area contributed by atoms with Crippen molar-refractivity contribution >= 4 is 35.3 Å². The Morgan fingerprint density at radius 3 is 2.62 bits per heavy atom. The Labute approximate surface area is 133 Å². The number of hydrazone groups is 1. The van der Waals surface area contributed by atoms with E-state index in [1.807, 2.05) is 18.2 Å². The molecule has 21 heavy (non-hydrogen) atoms. The van der Waals surface area contributed by atoms with Crippen molar-refractivity contribution in [2.24, 2.45) is 5.10 Å². The Morgan fingerprint density at radius 2 is 1.90 bits per heavy atom. The summed E-state index contributed by atoms with van der Waals surface area (Å²) in [6.45, 7) is 0. The minimum absolute atomic E-state index is 0.305. The van der Waals surface area contributed by atoms with Crippen molar-refractivity contribution in [1.29, 1.82) is 0 Å². The third-order valence-electron chi connectivity index (χ3n) is 2.84. The summed E-state index contributed by atoms with van der Waals surface area (Å²) in [5, 5.41) is 4.70. The number of benzene rings is 2. The zero-order chi connectivity index (χ0) is 15.1. The first kappa shape index (κ1) is 15.5. The highest BCUT2D eigenvalue weighted by Crippen LogP contribution is 2.20. The molecule has 2 aromatic carbocycles. The molecule has 0 aliphatic rings. The number of nitrogens with zero attached hydrogens (tertiary/aromatic N) is 1. The van der Waals surface area contributed by atoms with E-state index in [1.54, 1.807) is 18.3 Å². The summed E-state index contributed by atoms with van der Waals surface area (Å²) in [6, 6.07) is 14.8. The molecule has 0 aliphatic heterocycles. The van der Waals surface area contributed by atoms with Crippen LogP contribution in [0.1, 0.15) is 22.3 Å². The van der Waals surface area contributed by atoms with Crippen LogP contribution in [0.4, 0.5) is 0 Å². The predicted octanol–water partition coefficient (Wildman–Crippen LogP) is 4.34. The van der Waals surface area contributed by atoms with E-state index in [4.69, 9.17) is 23.2 Å². The van der Waals surface area contributed by atoms with Crippen molar-refractivity contribution in [2.75, 3.05) is 0 Å². The van der Waals surface area contributed by atoms with Crippen LogP contribution in [0.15, 0.2) is 53.6 Å². The second-order valence-corrected chi connectivity index (χ2v) is 5.24. The number of carbonyl (C=O) groups is 1. The fraction of sp³-hybridized carbons (Fsp3) is 0.125. The average Bonchev–Trinajstić information content (AvgIpc) is 2.47. The fourth-order valence-corrected chi connectivity index (χ4v) is 2.27. The van der Waals surface area contributed by atoms with Gasteiger partial charge in [-0.2, -0.15) is 5.10 Å². The SMILES string of the molecule is O=C(NN=CCCc1ccccc1)c1ccc(Cl)cc1Cl. The van der Waals surface area contributed by atoms with E-state index >= 15 is 0 Å². The molecule has 0 aliphatic carbocycles. The van der Waals surface area contributed by atoms with Gasteiger partial charge >= 0.3 is 0 Å². The lowest BCUT2D eigenvalue weighted by Gasteiger charge is -2.02. The van der Waals surface area contributed by atoms with Crippen LogP contribution in [0.3, 0.4) is 0 Å². The molecule has 108 valence electrons. The molecular weight excluding hydrogens is 307 g/mol. The highest BCUT2D eigenvalue weighted by Gasteiger charge is 2.09. The molecule has 1 amide bonds. The molecule has 0 fully saturated rings. The van der Waals surface area contributed by atoms with Gasteiger partial charge in [0.05, 0.1) is 10.6 Å². The molecule has 1 N–H and O–H groups in total.